The zero-order valence-electron chi connectivity index (χ0n) is 16.6. The average molecular weight is 408 g/mol. The molecular formula is C20H26ClN3O4. The number of aryl methyl sites for hydroxylation is 1. The first-order valence-electron chi connectivity index (χ1n) is 9.12. The van der Waals surface area contributed by atoms with Crippen LogP contribution >= 0.6 is 11.6 Å². The molecule has 0 saturated carbocycles. The van der Waals surface area contributed by atoms with Gasteiger partial charge in [-0.1, -0.05) is 39.3 Å². The van der Waals surface area contributed by atoms with Gasteiger partial charge in [0.25, 0.3) is 5.91 Å². The predicted molar refractivity (Wildman–Crippen MR) is 108 cm³/mol. The van der Waals surface area contributed by atoms with Gasteiger partial charge in [-0.2, -0.15) is 0 Å². The summed E-state index contributed by atoms with van der Waals surface area (Å²) < 4.78 is 1.73. The molecule has 7 nitrogen and oxygen atoms in total. The number of aliphatic carboxylic acids is 1. The number of hydrogen-bond acceptors (Lipinski definition) is 3. The molecule has 0 bridgehead atoms. The molecule has 28 heavy (non-hydrogen) atoms. The van der Waals surface area contributed by atoms with Crippen LogP contribution in [0.25, 0.3) is 10.9 Å². The van der Waals surface area contributed by atoms with Gasteiger partial charge in [0.2, 0.25) is 5.91 Å². The number of nitrogens with one attached hydrogen (secondary N) is 2. The van der Waals surface area contributed by atoms with Gasteiger partial charge in [-0.05, 0) is 36.1 Å². The van der Waals surface area contributed by atoms with Crippen LogP contribution in [0.3, 0.4) is 0 Å². The first kappa shape index (κ1) is 21.8. The summed E-state index contributed by atoms with van der Waals surface area (Å²) in [6, 6.07) is 5.15. The molecule has 0 aliphatic carbocycles. The fourth-order valence-electron chi connectivity index (χ4n) is 3.04. The van der Waals surface area contributed by atoms with Crippen LogP contribution < -0.4 is 10.6 Å². The van der Waals surface area contributed by atoms with E-state index < -0.39 is 29.9 Å². The van der Waals surface area contributed by atoms with E-state index in [0.717, 1.165) is 10.9 Å². The largest absolute Gasteiger partial charge is 0.480 e. The number of carbonyl (C=O) groups is 3. The Labute approximate surface area is 169 Å². The number of nitrogens with zero attached hydrogens (tertiary/aromatic N) is 1. The summed E-state index contributed by atoms with van der Waals surface area (Å²) in [7, 11) is 1.76. The fraction of sp³-hybridized carbons (Fsp3) is 0.450. The van der Waals surface area contributed by atoms with E-state index in [4.69, 9.17) is 11.6 Å². The Bertz CT molecular complexity index is 904. The molecule has 1 heterocycles. The summed E-state index contributed by atoms with van der Waals surface area (Å²) in [5.41, 5.74) is 1.22. The third-order valence-corrected chi connectivity index (χ3v) is 4.94. The topological polar surface area (TPSA) is 100 Å². The van der Waals surface area contributed by atoms with Crippen molar-refractivity contribution in [2.75, 3.05) is 0 Å². The summed E-state index contributed by atoms with van der Waals surface area (Å²) in [4.78, 5) is 36.9. The Hall–Kier alpha value is -2.54. The standard InChI is InChI=1S/C20H26ClN3O4/c1-10(2)16(19(26)23-17(11(3)4)20(27)28)22-18(25)15-9-12-8-13(21)6-7-14(12)24(15)5/h6-11,16-17H,1-5H3,(H,22,25)(H,23,26)(H,27,28). The van der Waals surface area contributed by atoms with Gasteiger partial charge in [-0.25, -0.2) is 4.79 Å². The number of hydrogen-bond donors (Lipinski definition) is 3. The molecule has 0 fully saturated rings. The Morgan fingerprint density at radius 3 is 2.14 bits per heavy atom. The van der Waals surface area contributed by atoms with Crippen molar-refractivity contribution in [3.63, 3.8) is 0 Å². The summed E-state index contributed by atoms with van der Waals surface area (Å²) >= 11 is 6.02. The second kappa shape index (κ2) is 8.65. The normalized spacial score (nSPS) is 13.6. The van der Waals surface area contributed by atoms with Gasteiger partial charge in [0.05, 0.1) is 0 Å². The van der Waals surface area contributed by atoms with E-state index in [1.54, 1.807) is 57.5 Å². The van der Waals surface area contributed by atoms with E-state index in [-0.39, 0.29) is 11.8 Å². The highest BCUT2D eigenvalue weighted by Crippen LogP contribution is 2.23. The van der Waals surface area contributed by atoms with Crippen LogP contribution in [-0.2, 0) is 16.6 Å². The summed E-state index contributed by atoms with van der Waals surface area (Å²) in [5, 5.41) is 15.9. The van der Waals surface area contributed by atoms with Gasteiger partial charge in [-0.3, -0.25) is 9.59 Å². The zero-order valence-corrected chi connectivity index (χ0v) is 17.4. The van der Waals surface area contributed by atoms with Gasteiger partial charge in [0, 0.05) is 23.0 Å². The third-order valence-electron chi connectivity index (χ3n) is 4.70. The Balaban J connectivity index is 2.24. The molecule has 0 radical (unpaired) electrons. The molecule has 0 spiro atoms. The maximum atomic E-state index is 12.8. The lowest BCUT2D eigenvalue weighted by Gasteiger charge is -2.25. The number of carboxylic acids is 1. The highest BCUT2D eigenvalue weighted by molar-refractivity contribution is 6.31. The number of carboxylic acid groups (broad SMARTS) is 1. The minimum absolute atomic E-state index is 0.227. The van der Waals surface area contributed by atoms with Gasteiger partial charge < -0.3 is 20.3 Å². The van der Waals surface area contributed by atoms with Crippen LogP contribution in [-0.4, -0.2) is 39.5 Å². The molecule has 1 aromatic carbocycles. The van der Waals surface area contributed by atoms with Crippen LogP contribution in [0, 0.1) is 11.8 Å². The molecule has 152 valence electrons. The molecule has 2 aromatic rings. The lowest BCUT2D eigenvalue weighted by atomic mass is 10.00. The monoisotopic (exact) mass is 407 g/mol. The Morgan fingerprint density at radius 2 is 1.61 bits per heavy atom. The summed E-state index contributed by atoms with van der Waals surface area (Å²) in [6.07, 6.45) is 0. The number of halogens is 1. The molecule has 3 N–H and O–H groups in total. The number of amides is 2. The van der Waals surface area contributed by atoms with Crippen molar-refractivity contribution >= 4 is 40.3 Å². The first-order valence-corrected chi connectivity index (χ1v) is 9.49. The summed E-state index contributed by atoms with van der Waals surface area (Å²) in [6.45, 7) is 7.00. The maximum Gasteiger partial charge on any atom is 0.326 e. The molecule has 8 heteroatoms. The number of fused-ring (bicyclic) bond motifs is 1. The van der Waals surface area contributed by atoms with Crippen molar-refractivity contribution in [3.05, 3.63) is 35.0 Å². The molecule has 0 aliphatic heterocycles. The van der Waals surface area contributed by atoms with Gasteiger partial charge in [-0.15, -0.1) is 0 Å². The SMILES string of the molecule is CC(C)C(NC(=O)C(NC(=O)c1cc2cc(Cl)ccc2n1C)C(C)C)C(=O)O. The van der Waals surface area contributed by atoms with Crippen LogP contribution in [0.15, 0.2) is 24.3 Å². The van der Waals surface area contributed by atoms with E-state index >= 15 is 0 Å². The lowest BCUT2D eigenvalue weighted by molar-refractivity contribution is -0.143. The van der Waals surface area contributed by atoms with Crippen molar-refractivity contribution in [2.24, 2.45) is 18.9 Å². The fourth-order valence-corrected chi connectivity index (χ4v) is 3.23. The molecule has 2 atom stereocenters. The number of carbonyl (C=O) groups excluding carboxylic acids is 2. The highest BCUT2D eigenvalue weighted by atomic mass is 35.5. The second-order valence-electron chi connectivity index (χ2n) is 7.56. The smallest absolute Gasteiger partial charge is 0.326 e. The molecular weight excluding hydrogens is 382 g/mol. The number of benzene rings is 1. The predicted octanol–water partition coefficient (Wildman–Crippen LogP) is 2.81. The Morgan fingerprint density at radius 1 is 1.00 bits per heavy atom. The van der Waals surface area contributed by atoms with Crippen LogP contribution in [0.1, 0.15) is 38.2 Å². The lowest BCUT2D eigenvalue weighted by Crippen LogP contribution is -2.55. The van der Waals surface area contributed by atoms with Crippen molar-refractivity contribution < 1.29 is 19.5 Å². The minimum atomic E-state index is -1.11. The molecule has 1 aromatic heterocycles. The van der Waals surface area contributed by atoms with Gasteiger partial charge >= 0.3 is 5.97 Å². The van der Waals surface area contributed by atoms with E-state index in [2.05, 4.69) is 10.6 Å². The van der Waals surface area contributed by atoms with Crippen LogP contribution in [0.4, 0.5) is 0 Å². The summed E-state index contributed by atoms with van der Waals surface area (Å²) in [5.74, 6) is -2.56. The zero-order chi connectivity index (χ0) is 21.2. The van der Waals surface area contributed by atoms with E-state index in [9.17, 15) is 19.5 Å². The molecule has 2 amide bonds. The molecule has 2 rings (SSSR count). The Kier molecular flexibility index (Phi) is 6.72. The van der Waals surface area contributed by atoms with E-state index in [0.29, 0.717) is 10.7 Å². The van der Waals surface area contributed by atoms with Gasteiger partial charge in [0.15, 0.2) is 0 Å². The number of rotatable bonds is 7. The first-order chi connectivity index (χ1) is 13.0. The van der Waals surface area contributed by atoms with Crippen molar-refractivity contribution in [2.45, 2.75) is 39.8 Å². The average Bonchev–Trinajstić information content (AvgIpc) is 2.92. The quantitative estimate of drug-likeness (QED) is 0.656. The van der Waals surface area contributed by atoms with Crippen molar-refractivity contribution in [3.8, 4) is 0 Å². The van der Waals surface area contributed by atoms with Crippen LogP contribution in [0.5, 0.6) is 0 Å². The van der Waals surface area contributed by atoms with Crippen LogP contribution in [0.2, 0.25) is 5.02 Å². The van der Waals surface area contributed by atoms with E-state index in [1.165, 1.54) is 0 Å². The number of aromatic nitrogens is 1. The minimum Gasteiger partial charge on any atom is -0.480 e. The van der Waals surface area contributed by atoms with Crippen molar-refractivity contribution in [1.29, 1.82) is 0 Å². The molecule has 0 aliphatic rings. The highest BCUT2D eigenvalue weighted by Gasteiger charge is 2.30. The molecule has 0 saturated heterocycles. The van der Waals surface area contributed by atoms with Gasteiger partial charge in [0.1, 0.15) is 17.8 Å². The molecule has 2 unspecified atom stereocenters. The maximum absolute atomic E-state index is 12.8. The third kappa shape index (κ3) is 4.65. The second-order valence-corrected chi connectivity index (χ2v) is 7.99. The van der Waals surface area contributed by atoms with E-state index in [1.807, 2.05) is 6.07 Å². The van der Waals surface area contributed by atoms with Crippen molar-refractivity contribution in [1.82, 2.24) is 15.2 Å².